The van der Waals surface area contributed by atoms with Crippen LogP contribution in [0.5, 0.6) is 0 Å². The summed E-state index contributed by atoms with van der Waals surface area (Å²) in [5.74, 6) is -0.825. The molecule has 3 rings (SSSR count). The number of carboxylic acids is 1. The highest BCUT2D eigenvalue weighted by atomic mass is 16.5. The topological polar surface area (TPSA) is 76.4 Å². The molecule has 1 aromatic carbocycles. The number of aromatic nitrogens is 2. The van der Waals surface area contributed by atoms with Crippen molar-refractivity contribution in [3.8, 4) is 0 Å². The number of carbonyl (C=O) groups is 1. The molecule has 1 fully saturated rings. The summed E-state index contributed by atoms with van der Waals surface area (Å²) < 4.78 is 7.43. The smallest absolute Gasteiger partial charge is 0.313 e. The predicted molar refractivity (Wildman–Crippen MR) is 95.7 cm³/mol. The summed E-state index contributed by atoms with van der Waals surface area (Å²) in [4.78, 5) is 11.3. The minimum Gasteiger partial charge on any atom is -0.481 e. The molecule has 25 heavy (non-hydrogen) atoms. The highest BCUT2D eigenvalue weighted by Crippen LogP contribution is 2.25. The Bertz CT molecular complexity index is 716. The van der Waals surface area contributed by atoms with Crippen molar-refractivity contribution in [2.24, 2.45) is 0 Å². The second-order valence-corrected chi connectivity index (χ2v) is 7.03. The van der Waals surface area contributed by atoms with Crippen molar-refractivity contribution >= 4 is 11.7 Å². The normalized spacial score (nSPS) is 15.9. The molecule has 0 atom stereocenters. The number of hydrogen-bond acceptors (Lipinski definition) is 4. The molecule has 0 radical (unpaired) electrons. The van der Waals surface area contributed by atoms with Gasteiger partial charge in [0.2, 0.25) is 0 Å². The van der Waals surface area contributed by atoms with E-state index in [2.05, 4.69) is 16.6 Å². The Kier molecular flexibility index (Phi) is 5.08. The third-order valence-electron chi connectivity index (χ3n) is 4.86. The minimum atomic E-state index is -0.886. The van der Waals surface area contributed by atoms with E-state index in [9.17, 15) is 9.90 Å². The van der Waals surface area contributed by atoms with Crippen molar-refractivity contribution in [3.05, 3.63) is 47.8 Å². The summed E-state index contributed by atoms with van der Waals surface area (Å²) in [5.41, 5.74) is 1.99. The first-order valence-electron chi connectivity index (χ1n) is 8.65. The zero-order valence-corrected chi connectivity index (χ0v) is 14.7. The van der Waals surface area contributed by atoms with Gasteiger partial charge in [0.05, 0.1) is 17.7 Å². The third kappa shape index (κ3) is 4.02. The number of nitrogens with one attached hydrogen (secondary N) is 1. The van der Waals surface area contributed by atoms with Crippen molar-refractivity contribution in [2.45, 2.75) is 44.7 Å². The Balaban J connectivity index is 1.58. The molecule has 0 unspecified atom stereocenters. The van der Waals surface area contributed by atoms with E-state index in [0.29, 0.717) is 12.6 Å². The average molecular weight is 343 g/mol. The van der Waals surface area contributed by atoms with Crippen LogP contribution in [0.3, 0.4) is 0 Å². The molecule has 1 aliphatic rings. The van der Waals surface area contributed by atoms with Gasteiger partial charge in [-0.2, -0.15) is 5.10 Å². The van der Waals surface area contributed by atoms with Crippen molar-refractivity contribution in [2.75, 3.05) is 18.5 Å². The van der Waals surface area contributed by atoms with Gasteiger partial charge in [-0.05, 0) is 44.4 Å². The Hall–Kier alpha value is -2.34. The molecule has 0 bridgehead atoms. The molecular weight excluding hydrogens is 318 g/mol. The maximum absolute atomic E-state index is 11.3. The average Bonchev–Trinajstić information content (AvgIpc) is 3.10. The second kappa shape index (κ2) is 7.27. The molecule has 1 saturated heterocycles. The molecule has 6 heteroatoms. The van der Waals surface area contributed by atoms with Gasteiger partial charge >= 0.3 is 5.97 Å². The first-order valence-corrected chi connectivity index (χ1v) is 8.65. The van der Waals surface area contributed by atoms with Crippen molar-refractivity contribution < 1.29 is 14.6 Å². The van der Waals surface area contributed by atoms with E-state index >= 15 is 0 Å². The van der Waals surface area contributed by atoms with Crippen LogP contribution < -0.4 is 5.32 Å². The standard InChI is InChI=1S/C19H25N3O3/c1-19(2,18(23)24)15-3-5-16(6-4-15)20-11-14-12-21-22(13-14)17-7-9-25-10-8-17/h3-6,12-13,17,20H,7-11H2,1-2H3,(H,23,24). The first kappa shape index (κ1) is 17.5. The van der Waals surface area contributed by atoms with Crippen molar-refractivity contribution in [3.63, 3.8) is 0 Å². The molecule has 0 amide bonds. The van der Waals surface area contributed by atoms with Crippen LogP contribution in [0.4, 0.5) is 5.69 Å². The zero-order chi connectivity index (χ0) is 17.9. The molecule has 2 N–H and O–H groups in total. The maximum Gasteiger partial charge on any atom is 0.313 e. The minimum absolute atomic E-state index is 0.431. The molecule has 0 aliphatic carbocycles. The Morgan fingerprint density at radius 3 is 2.64 bits per heavy atom. The fraction of sp³-hybridized carbons (Fsp3) is 0.474. The largest absolute Gasteiger partial charge is 0.481 e. The van der Waals surface area contributed by atoms with E-state index in [1.54, 1.807) is 13.8 Å². The molecule has 0 spiro atoms. The highest BCUT2D eigenvalue weighted by molar-refractivity contribution is 5.80. The van der Waals surface area contributed by atoms with E-state index < -0.39 is 11.4 Å². The Labute approximate surface area is 147 Å². The predicted octanol–water partition coefficient (Wildman–Crippen LogP) is 3.21. The fourth-order valence-electron chi connectivity index (χ4n) is 2.95. The van der Waals surface area contributed by atoms with Gasteiger partial charge in [-0.1, -0.05) is 12.1 Å². The van der Waals surface area contributed by atoms with Crippen LogP contribution in [0.15, 0.2) is 36.7 Å². The van der Waals surface area contributed by atoms with E-state index in [4.69, 9.17) is 4.74 Å². The Morgan fingerprint density at radius 1 is 1.32 bits per heavy atom. The number of rotatable bonds is 6. The molecule has 1 aromatic heterocycles. The van der Waals surface area contributed by atoms with Crippen LogP contribution in [0.25, 0.3) is 0 Å². The van der Waals surface area contributed by atoms with E-state index in [0.717, 1.165) is 42.9 Å². The van der Waals surface area contributed by atoms with Gasteiger partial charge in [-0.3, -0.25) is 9.48 Å². The van der Waals surface area contributed by atoms with Gasteiger partial charge in [-0.25, -0.2) is 0 Å². The lowest BCUT2D eigenvalue weighted by atomic mass is 9.85. The molecule has 2 aromatic rings. The van der Waals surface area contributed by atoms with E-state index in [-0.39, 0.29) is 0 Å². The fourth-order valence-corrected chi connectivity index (χ4v) is 2.95. The maximum atomic E-state index is 11.3. The number of carboxylic acid groups (broad SMARTS) is 1. The van der Waals surface area contributed by atoms with Crippen LogP contribution in [0.2, 0.25) is 0 Å². The van der Waals surface area contributed by atoms with Gasteiger partial charge in [0, 0.05) is 37.2 Å². The highest BCUT2D eigenvalue weighted by Gasteiger charge is 2.29. The lowest BCUT2D eigenvalue weighted by Gasteiger charge is -2.22. The van der Waals surface area contributed by atoms with Gasteiger partial charge in [0.1, 0.15) is 0 Å². The molecule has 2 heterocycles. The van der Waals surface area contributed by atoms with Crippen LogP contribution >= 0.6 is 0 Å². The summed E-state index contributed by atoms with van der Waals surface area (Å²) >= 11 is 0. The van der Waals surface area contributed by atoms with Crippen molar-refractivity contribution in [1.82, 2.24) is 9.78 Å². The number of aliphatic carboxylic acids is 1. The summed E-state index contributed by atoms with van der Waals surface area (Å²) in [7, 11) is 0. The summed E-state index contributed by atoms with van der Waals surface area (Å²) in [6.45, 7) is 5.71. The summed E-state index contributed by atoms with van der Waals surface area (Å²) in [6.07, 6.45) is 6.00. The molecule has 6 nitrogen and oxygen atoms in total. The number of anilines is 1. The van der Waals surface area contributed by atoms with Gasteiger partial charge < -0.3 is 15.2 Å². The lowest BCUT2D eigenvalue weighted by Crippen LogP contribution is -2.28. The lowest BCUT2D eigenvalue weighted by molar-refractivity contribution is -0.142. The van der Waals surface area contributed by atoms with E-state index in [1.165, 1.54) is 0 Å². The molecular formula is C19H25N3O3. The van der Waals surface area contributed by atoms with Crippen LogP contribution in [0, 0.1) is 0 Å². The monoisotopic (exact) mass is 343 g/mol. The van der Waals surface area contributed by atoms with E-state index in [1.807, 2.05) is 35.1 Å². The van der Waals surface area contributed by atoms with Crippen LogP contribution in [-0.4, -0.2) is 34.1 Å². The van der Waals surface area contributed by atoms with Gasteiger partial charge in [0.15, 0.2) is 0 Å². The van der Waals surface area contributed by atoms with Gasteiger partial charge in [-0.15, -0.1) is 0 Å². The number of hydrogen-bond donors (Lipinski definition) is 2. The number of ether oxygens (including phenoxy) is 1. The van der Waals surface area contributed by atoms with Crippen LogP contribution in [0.1, 0.15) is 43.9 Å². The zero-order valence-electron chi connectivity index (χ0n) is 14.7. The molecule has 1 aliphatic heterocycles. The first-order chi connectivity index (χ1) is 12.0. The summed E-state index contributed by atoms with van der Waals surface area (Å²) in [6, 6.07) is 8.00. The Morgan fingerprint density at radius 2 is 2.00 bits per heavy atom. The van der Waals surface area contributed by atoms with Gasteiger partial charge in [0.25, 0.3) is 0 Å². The molecule has 134 valence electrons. The number of benzene rings is 1. The number of nitrogens with zero attached hydrogens (tertiary/aromatic N) is 2. The summed E-state index contributed by atoms with van der Waals surface area (Å²) in [5, 5.41) is 17.1. The van der Waals surface area contributed by atoms with Crippen molar-refractivity contribution in [1.29, 1.82) is 0 Å². The second-order valence-electron chi connectivity index (χ2n) is 7.03. The molecule has 0 saturated carbocycles. The van der Waals surface area contributed by atoms with Crippen LogP contribution in [-0.2, 0) is 21.5 Å². The SMILES string of the molecule is CC(C)(C(=O)O)c1ccc(NCc2cnn(C3CCOCC3)c2)cc1. The third-order valence-corrected chi connectivity index (χ3v) is 4.86. The quantitative estimate of drug-likeness (QED) is 0.842.